The molecule has 0 aliphatic heterocycles. The summed E-state index contributed by atoms with van der Waals surface area (Å²) in [5.41, 5.74) is 6.71. The summed E-state index contributed by atoms with van der Waals surface area (Å²) in [5, 5.41) is 0. The molecule has 1 aromatic carbocycles. The maximum Gasteiger partial charge on any atom is 0.207 e. The third-order valence-corrected chi connectivity index (χ3v) is 7.31. The molecular weight excluding hydrogens is 309 g/mol. The molecule has 0 radical (unpaired) electrons. The van der Waals surface area contributed by atoms with Crippen molar-refractivity contribution < 1.29 is 14.2 Å². The summed E-state index contributed by atoms with van der Waals surface area (Å²) < 4.78 is 18.7. The zero-order valence-electron chi connectivity index (χ0n) is 14.1. The fraction of sp³-hybridized carbons (Fsp3) is 0.667. The van der Waals surface area contributed by atoms with Crippen LogP contribution in [0.25, 0.3) is 0 Å². The Hall–Kier alpha value is -0.830. The lowest BCUT2D eigenvalue weighted by Gasteiger charge is -2.29. The number of hydrogen-bond donors (Lipinski definition) is 2. The lowest BCUT2D eigenvalue weighted by molar-refractivity contribution is 0.214. The zero-order chi connectivity index (χ0) is 16.7. The van der Waals surface area contributed by atoms with Gasteiger partial charge in [0.1, 0.15) is 11.9 Å². The van der Waals surface area contributed by atoms with Gasteiger partial charge in [-0.2, -0.15) is 0 Å². The van der Waals surface area contributed by atoms with Gasteiger partial charge in [-0.1, -0.05) is 38.3 Å². The molecule has 0 spiro atoms. The van der Waals surface area contributed by atoms with Gasteiger partial charge in [-0.3, -0.25) is 4.57 Å². The molecule has 2 rings (SSSR count). The first-order valence-corrected chi connectivity index (χ1v) is 10.7. The predicted molar refractivity (Wildman–Crippen MR) is 95.5 cm³/mol. The number of benzene rings is 1. The van der Waals surface area contributed by atoms with E-state index in [0.717, 1.165) is 44.3 Å². The molecule has 1 saturated carbocycles. The topological polar surface area (TPSA) is 72.5 Å². The highest BCUT2D eigenvalue weighted by molar-refractivity contribution is 7.58. The van der Waals surface area contributed by atoms with Crippen molar-refractivity contribution in [1.29, 1.82) is 0 Å². The highest BCUT2D eigenvalue weighted by Gasteiger charge is 2.34. The molecule has 0 saturated heterocycles. The Kier molecular flexibility index (Phi) is 7.13. The summed E-state index contributed by atoms with van der Waals surface area (Å²) in [4.78, 5) is 10.5. The monoisotopic (exact) mass is 339 g/mol. The minimum absolute atomic E-state index is 0.0270. The minimum Gasteiger partial charge on any atom is -0.490 e. The van der Waals surface area contributed by atoms with Crippen molar-refractivity contribution in [2.45, 2.75) is 63.6 Å². The number of rotatable bonds is 8. The van der Waals surface area contributed by atoms with Crippen molar-refractivity contribution >= 4 is 7.37 Å². The largest absolute Gasteiger partial charge is 0.490 e. The fourth-order valence-corrected chi connectivity index (χ4v) is 5.66. The average molecular weight is 339 g/mol. The molecule has 4 nitrogen and oxygen atoms in total. The molecule has 3 N–H and O–H groups in total. The first kappa shape index (κ1) is 18.5. The fourth-order valence-electron chi connectivity index (χ4n) is 3.27. The van der Waals surface area contributed by atoms with Crippen molar-refractivity contribution in [3.05, 3.63) is 29.8 Å². The summed E-state index contributed by atoms with van der Waals surface area (Å²) in [5.74, 6) is 0.765. The molecule has 2 unspecified atom stereocenters. The van der Waals surface area contributed by atoms with E-state index in [0.29, 0.717) is 6.54 Å². The van der Waals surface area contributed by atoms with Crippen LogP contribution in [0.3, 0.4) is 0 Å². The van der Waals surface area contributed by atoms with Crippen LogP contribution >= 0.6 is 7.37 Å². The molecule has 1 aromatic rings. The van der Waals surface area contributed by atoms with Gasteiger partial charge in [0.2, 0.25) is 7.37 Å². The van der Waals surface area contributed by atoms with E-state index in [2.05, 4.69) is 0 Å². The van der Waals surface area contributed by atoms with Crippen LogP contribution in [0, 0.1) is 0 Å². The van der Waals surface area contributed by atoms with E-state index >= 15 is 0 Å². The molecular formula is C18H30NO3P. The molecule has 23 heavy (non-hydrogen) atoms. The maximum atomic E-state index is 12.7. The van der Waals surface area contributed by atoms with E-state index < -0.39 is 7.37 Å². The van der Waals surface area contributed by atoms with Crippen molar-refractivity contribution in [2.75, 3.05) is 12.7 Å². The van der Waals surface area contributed by atoms with Crippen LogP contribution in [0.5, 0.6) is 5.75 Å². The molecule has 0 heterocycles. The second-order valence-electron chi connectivity index (χ2n) is 6.56. The van der Waals surface area contributed by atoms with Gasteiger partial charge in [0.05, 0.1) is 6.16 Å². The van der Waals surface area contributed by atoms with Crippen molar-refractivity contribution in [3.8, 4) is 5.75 Å². The van der Waals surface area contributed by atoms with Crippen molar-refractivity contribution in [2.24, 2.45) is 5.73 Å². The molecule has 1 aliphatic carbocycles. The van der Waals surface area contributed by atoms with Crippen LogP contribution < -0.4 is 10.5 Å². The number of nitrogens with two attached hydrogens (primary N) is 1. The van der Waals surface area contributed by atoms with Crippen LogP contribution in [0.4, 0.5) is 0 Å². The van der Waals surface area contributed by atoms with Gasteiger partial charge in [0.15, 0.2) is 0 Å². The molecule has 0 bridgehead atoms. The smallest absolute Gasteiger partial charge is 0.207 e. The molecule has 1 aliphatic rings. The van der Waals surface area contributed by atoms with Gasteiger partial charge >= 0.3 is 0 Å². The van der Waals surface area contributed by atoms with E-state index in [4.69, 9.17) is 10.5 Å². The SMILES string of the molecule is CCC(CP(=O)(O)C1CCCCC1)Oc1ccc(CCN)cc1. The highest BCUT2D eigenvalue weighted by Crippen LogP contribution is 2.52. The molecule has 5 heteroatoms. The molecule has 1 fully saturated rings. The van der Waals surface area contributed by atoms with Crippen LogP contribution in [0.15, 0.2) is 24.3 Å². The Morgan fingerprint density at radius 1 is 1.26 bits per heavy atom. The first-order chi connectivity index (χ1) is 11.0. The van der Waals surface area contributed by atoms with Crippen molar-refractivity contribution in [3.63, 3.8) is 0 Å². The van der Waals surface area contributed by atoms with E-state index in [1.807, 2.05) is 31.2 Å². The lowest BCUT2D eigenvalue weighted by atomic mass is 10.0. The number of hydrogen-bond acceptors (Lipinski definition) is 3. The van der Waals surface area contributed by atoms with Gasteiger partial charge in [0, 0.05) is 5.66 Å². The van der Waals surface area contributed by atoms with Crippen LogP contribution in [-0.2, 0) is 11.0 Å². The van der Waals surface area contributed by atoms with Gasteiger partial charge in [-0.25, -0.2) is 0 Å². The quantitative estimate of drug-likeness (QED) is 0.704. The molecule has 2 atom stereocenters. The maximum absolute atomic E-state index is 12.7. The van der Waals surface area contributed by atoms with Crippen LogP contribution in [0.1, 0.15) is 51.0 Å². The summed E-state index contributed by atoms with van der Waals surface area (Å²) in [6.45, 7) is 2.64. The number of ether oxygens (including phenoxy) is 1. The third kappa shape index (κ3) is 5.63. The van der Waals surface area contributed by atoms with Gasteiger partial charge in [-0.15, -0.1) is 0 Å². The molecule has 0 amide bonds. The van der Waals surface area contributed by atoms with E-state index in [-0.39, 0.29) is 17.9 Å². The van der Waals surface area contributed by atoms with E-state index in [9.17, 15) is 9.46 Å². The molecule has 130 valence electrons. The van der Waals surface area contributed by atoms with E-state index in [1.54, 1.807) is 0 Å². The Morgan fingerprint density at radius 3 is 2.48 bits per heavy atom. The average Bonchev–Trinajstić information content (AvgIpc) is 2.57. The highest BCUT2D eigenvalue weighted by atomic mass is 31.2. The van der Waals surface area contributed by atoms with Gasteiger partial charge in [0.25, 0.3) is 0 Å². The normalized spacial score (nSPS) is 20.0. The Morgan fingerprint density at radius 2 is 1.91 bits per heavy atom. The Balaban J connectivity index is 1.94. The summed E-state index contributed by atoms with van der Waals surface area (Å²) in [6, 6.07) is 7.87. The van der Waals surface area contributed by atoms with Crippen LogP contribution in [-0.4, -0.2) is 29.4 Å². The standard InChI is InChI=1S/C18H30NO3P/c1-2-16(14-23(20,21)18-6-4-3-5-7-18)22-17-10-8-15(9-11-17)12-13-19/h8-11,16,18H,2-7,12-14,19H2,1H3,(H,20,21). The molecule has 0 aromatic heterocycles. The van der Waals surface area contributed by atoms with Gasteiger partial charge < -0.3 is 15.4 Å². The Bertz CT molecular complexity index is 512. The zero-order valence-corrected chi connectivity index (χ0v) is 15.0. The van der Waals surface area contributed by atoms with Crippen molar-refractivity contribution in [1.82, 2.24) is 0 Å². The third-order valence-electron chi connectivity index (χ3n) is 4.72. The van der Waals surface area contributed by atoms with E-state index in [1.165, 1.54) is 12.0 Å². The predicted octanol–water partition coefficient (Wildman–Crippen LogP) is 3.95. The minimum atomic E-state index is -3.14. The summed E-state index contributed by atoms with van der Waals surface area (Å²) in [6.07, 6.45) is 6.78. The Labute approximate surface area is 139 Å². The van der Waals surface area contributed by atoms with Crippen LogP contribution in [0.2, 0.25) is 0 Å². The van der Waals surface area contributed by atoms with Gasteiger partial charge in [-0.05, 0) is 49.9 Å². The second-order valence-corrected chi connectivity index (χ2v) is 9.17. The summed E-state index contributed by atoms with van der Waals surface area (Å²) >= 11 is 0. The summed E-state index contributed by atoms with van der Waals surface area (Å²) in [7, 11) is -3.14. The first-order valence-electron chi connectivity index (χ1n) is 8.82. The lowest BCUT2D eigenvalue weighted by Crippen LogP contribution is -2.25. The second kappa shape index (κ2) is 8.86.